The third-order valence-corrected chi connectivity index (χ3v) is 3.17. The van der Waals surface area contributed by atoms with Gasteiger partial charge < -0.3 is 14.9 Å². The first-order valence-corrected chi connectivity index (χ1v) is 7.77. The van der Waals surface area contributed by atoms with Crippen LogP contribution in [0.2, 0.25) is 0 Å². The molecule has 1 rings (SSSR count). The quantitative estimate of drug-likeness (QED) is 0.372. The molecule has 7 heteroatoms. The third-order valence-electron chi connectivity index (χ3n) is 2.45. The third kappa shape index (κ3) is 11.4. The number of ether oxygens (including phenoxy) is 1. The molecule has 0 fully saturated rings. The second kappa shape index (κ2) is 12.7. The molecule has 0 bridgehead atoms. The van der Waals surface area contributed by atoms with Crippen LogP contribution in [0.1, 0.15) is 0 Å². The largest absolute Gasteiger partial charge is 0.492 e. The molecular formula is C16H20INO5. The fourth-order valence-electron chi connectivity index (χ4n) is 1.45. The highest BCUT2D eigenvalue weighted by molar-refractivity contribution is 14.1. The van der Waals surface area contributed by atoms with Gasteiger partial charge in [0.1, 0.15) is 12.4 Å². The maximum Gasteiger partial charge on any atom is 0.414 e. The van der Waals surface area contributed by atoms with Crippen LogP contribution in [0.4, 0.5) is 0 Å². The van der Waals surface area contributed by atoms with Crippen LogP contribution in [0, 0.1) is 3.57 Å². The Kier molecular flexibility index (Phi) is 11.6. The number of nitrogens with zero attached hydrogens (tertiary/aromatic N) is 1. The SMILES string of the molecule is C=CCN(CC=C)CCOc1ccc(I)cc1.O=C(O)C(=O)O. The number of rotatable bonds is 8. The number of hydrogen-bond donors (Lipinski definition) is 2. The van der Waals surface area contributed by atoms with Crippen LogP contribution in [0.5, 0.6) is 5.75 Å². The molecule has 0 amide bonds. The molecule has 1 aromatic carbocycles. The lowest BCUT2D eigenvalue weighted by molar-refractivity contribution is -0.159. The predicted molar refractivity (Wildman–Crippen MR) is 96.8 cm³/mol. The summed E-state index contributed by atoms with van der Waals surface area (Å²) in [7, 11) is 0. The zero-order chi connectivity index (χ0) is 17.7. The van der Waals surface area contributed by atoms with Gasteiger partial charge >= 0.3 is 11.9 Å². The molecule has 126 valence electrons. The Labute approximate surface area is 149 Å². The summed E-state index contributed by atoms with van der Waals surface area (Å²) in [5.41, 5.74) is 0. The number of carbonyl (C=O) groups is 2. The number of aliphatic carboxylic acids is 2. The summed E-state index contributed by atoms with van der Waals surface area (Å²) >= 11 is 2.28. The van der Waals surface area contributed by atoms with E-state index in [9.17, 15) is 0 Å². The highest BCUT2D eigenvalue weighted by atomic mass is 127. The van der Waals surface area contributed by atoms with Gasteiger partial charge in [0.2, 0.25) is 0 Å². The van der Waals surface area contributed by atoms with Crippen molar-refractivity contribution < 1.29 is 24.5 Å². The summed E-state index contributed by atoms with van der Waals surface area (Å²) in [4.78, 5) is 20.4. The van der Waals surface area contributed by atoms with Gasteiger partial charge in [-0.05, 0) is 46.9 Å². The maximum absolute atomic E-state index is 9.10. The molecule has 0 saturated carbocycles. The Morgan fingerprint density at radius 3 is 1.96 bits per heavy atom. The van der Waals surface area contributed by atoms with E-state index in [1.165, 1.54) is 3.57 Å². The topological polar surface area (TPSA) is 87.1 Å². The van der Waals surface area contributed by atoms with Gasteiger partial charge in [-0.15, -0.1) is 13.2 Å². The molecule has 0 unspecified atom stereocenters. The first-order chi connectivity index (χ1) is 10.9. The lowest BCUT2D eigenvalue weighted by atomic mass is 10.3. The second-order valence-electron chi connectivity index (χ2n) is 4.25. The van der Waals surface area contributed by atoms with E-state index in [2.05, 4.69) is 40.6 Å². The van der Waals surface area contributed by atoms with Crippen molar-refractivity contribution in [1.82, 2.24) is 4.90 Å². The zero-order valence-corrected chi connectivity index (χ0v) is 14.8. The van der Waals surface area contributed by atoms with E-state index in [1.54, 1.807) is 0 Å². The summed E-state index contributed by atoms with van der Waals surface area (Å²) in [6, 6.07) is 8.07. The van der Waals surface area contributed by atoms with E-state index < -0.39 is 11.9 Å². The van der Waals surface area contributed by atoms with Crippen LogP contribution in [0.25, 0.3) is 0 Å². The molecular weight excluding hydrogens is 413 g/mol. The molecule has 0 atom stereocenters. The van der Waals surface area contributed by atoms with Crippen molar-refractivity contribution in [1.29, 1.82) is 0 Å². The Morgan fingerprint density at radius 1 is 1.09 bits per heavy atom. The van der Waals surface area contributed by atoms with Crippen molar-refractivity contribution in [3.63, 3.8) is 0 Å². The smallest absolute Gasteiger partial charge is 0.414 e. The van der Waals surface area contributed by atoms with E-state index >= 15 is 0 Å². The Bertz CT molecular complexity index is 494. The minimum absolute atomic E-state index is 0.683. The summed E-state index contributed by atoms with van der Waals surface area (Å²) in [6.45, 7) is 10.8. The van der Waals surface area contributed by atoms with E-state index in [0.717, 1.165) is 25.4 Å². The number of halogens is 1. The van der Waals surface area contributed by atoms with Crippen molar-refractivity contribution in [3.05, 3.63) is 53.1 Å². The summed E-state index contributed by atoms with van der Waals surface area (Å²) in [5.74, 6) is -2.73. The molecule has 23 heavy (non-hydrogen) atoms. The molecule has 6 nitrogen and oxygen atoms in total. The summed E-state index contributed by atoms with van der Waals surface area (Å²) < 4.78 is 6.89. The fourth-order valence-corrected chi connectivity index (χ4v) is 1.81. The van der Waals surface area contributed by atoms with Crippen LogP contribution < -0.4 is 4.74 Å². The average Bonchev–Trinajstić information content (AvgIpc) is 2.50. The number of benzene rings is 1. The highest BCUT2D eigenvalue weighted by Crippen LogP contribution is 2.13. The van der Waals surface area contributed by atoms with Crippen LogP contribution in [0.3, 0.4) is 0 Å². The first kappa shape index (κ1) is 21.1. The zero-order valence-electron chi connectivity index (χ0n) is 12.7. The van der Waals surface area contributed by atoms with Gasteiger partial charge in [0.25, 0.3) is 0 Å². The molecule has 0 aliphatic rings. The molecule has 0 heterocycles. The van der Waals surface area contributed by atoms with Crippen LogP contribution in [-0.2, 0) is 9.59 Å². The molecule has 2 N–H and O–H groups in total. The van der Waals surface area contributed by atoms with Gasteiger partial charge in [0.05, 0.1) is 0 Å². The first-order valence-electron chi connectivity index (χ1n) is 6.69. The average molecular weight is 433 g/mol. The number of carboxylic acids is 2. The lowest BCUT2D eigenvalue weighted by Crippen LogP contribution is -2.28. The number of carboxylic acid groups (broad SMARTS) is 2. The van der Waals surface area contributed by atoms with Crippen LogP contribution >= 0.6 is 22.6 Å². The van der Waals surface area contributed by atoms with Crippen LogP contribution in [0.15, 0.2) is 49.6 Å². The predicted octanol–water partition coefficient (Wildman–Crippen LogP) is 2.50. The van der Waals surface area contributed by atoms with Crippen molar-refractivity contribution >= 4 is 34.5 Å². The van der Waals surface area contributed by atoms with Crippen molar-refractivity contribution in [2.24, 2.45) is 0 Å². The van der Waals surface area contributed by atoms with E-state index in [4.69, 9.17) is 24.5 Å². The van der Waals surface area contributed by atoms with Crippen molar-refractivity contribution in [2.45, 2.75) is 0 Å². The minimum Gasteiger partial charge on any atom is -0.492 e. The maximum atomic E-state index is 9.10. The van der Waals surface area contributed by atoms with Crippen molar-refractivity contribution in [3.8, 4) is 5.75 Å². The number of hydrogen-bond acceptors (Lipinski definition) is 4. The van der Waals surface area contributed by atoms with E-state index in [0.29, 0.717) is 6.61 Å². The second-order valence-corrected chi connectivity index (χ2v) is 5.50. The molecule has 0 aliphatic heterocycles. The Balaban J connectivity index is 0.000000688. The minimum atomic E-state index is -1.82. The van der Waals surface area contributed by atoms with Gasteiger partial charge in [-0.25, -0.2) is 9.59 Å². The Hall–Kier alpha value is -1.87. The molecule has 0 saturated heterocycles. The Morgan fingerprint density at radius 2 is 1.57 bits per heavy atom. The summed E-state index contributed by atoms with van der Waals surface area (Å²) in [5, 5.41) is 14.8. The van der Waals surface area contributed by atoms with Crippen molar-refractivity contribution in [2.75, 3.05) is 26.2 Å². The monoisotopic (exact) mass is 433 g/mol. The van der Waals surface area contributed by atoms with Gasteiger partial charge in [0, 0.05) is 23.2 Å². The van der Waals surface area contributed by atoms with E-state index in [-0.39, 0.29) is 0 Å². The van der Waals surface area contributed by atoms with Gasteiger partial charge in [-0.2, -0.15) is 0 Å². The normalized spacial score (nSPS) is 9.48. The molecule has 1 aromatic rings. The molecule has 0 aromatic heterocycles. The van der Waals surface area contributed by atoms with Crippen LogP contribution in [-0.4, -0.2) is 53.3 Å². The standard InChI is InChI=1S/C14H18INO.C2H2O4/c1-3-9-16(10-4-2)11-12-17-14-7-5-13(15)6-8-14;3-1(4)2(5)6/h3-8H,1-2,9-12H2;(H,3,4)(H,5,6). The molecule has 0 aliphatic carbocycles. The lowest BCUT2D eigenvalue weighted by Gasteiger charge is -2.18. The summed E-state index contributed by atoms with van der Waals surface area (Å²) in [6.07, 6.45) is 3.79. The van der Waals surface area contributed by atoms with Gasteiger partial charge in [-0.1, -0.05) is 12.2 Å². The molecule has 0 spiro atoms. The van der Waals surface area contributed by atoms with Gasteiger partial charge in [0.15, 0.2) is 0 Å². The molecule has 0 radical (unpaired) electrons. The van der Waals surface area contributed by atoms with E-state index in [1.807, 2.05) is 36.4 Å². The fraction of sp³-hybridized carbons (Fsp3) is 0.250. The highest BCUT2D eigenvalue weighted by Gasteiger charge is 2.04. The van der Waals surface area contributed by atoms with Gasteiger partial charge in [-0.3, -0.25) is 4.90 Å².